The van der Waals surface area contributed by atoms with Crippen molar-refractivity contribution in [2.75, 3.05) is 5.32 Å². The third kappa shape index (κ3) is 3.01. The Balaban J connectivity index is 1.78. The molecule has 0 aliphatic heterocycles. The molecule has 0 spiro atoms. The highest BCUT2D eigenvalue weighted by Gasteiger charge is 2.13. The van der Waals surface area contributed by atoms with E-state index in [1.807, 2.05) is 17.5 Å². The molecular formula is C15H11FN2OS2. The summed E-state index contributed by atoms with van der Waals surface area (Å²) in [7, 11) is 0. The Bertz CT molecular complexity index is 781. The number of thiazole rings is 1. The molecule has 2 aromatic heterocycles. The highest BCUT2D eigenvalue weighted by molar-refractivity contribution is 7.22. The van der Waals surface area contributed by atoms with Crippen LogP contribution in [0.2, 0.25) is 0 Å². The molecule has 0 aliphatic rings. The molecule has 3 rings (SSSR count). The maximum Gasteiger partial charge on any atom is 0.267 e. The lowest BCUT2D eigenvalue weighted by Crippen LogP contribution is -2.10. The average molecular weight is 318 g/mol. The monoisotopic (exact) mass is 318 g/mol. The number of benzene rings is 1. The van der Waals surface area contributed by atoms with Gasteiger partial charge in [-0.25, -0.2) is 9.37 Å². The SMILES string of the molecule is Cc1ccc(NC(=O)c2cnc(-c3cccs3)s2)cc1F. The van der Waals surface area contributed by atoms with E-state index in [0.29, 0.717) is 16.1 Å². The summed E-state index contributed by atoms with van der Waals surface area (Å²) in [5, 5.41) is 5.45. The maximum absolute atomic E-state index is 13.5. The van der Waals surface area contributed by atoms with Gasteiger partial charge in [0.05, 0.1) is 11.1 Å². The van der Waals surface area contributed by atoms with Crippen molar-refractivity contribution in [2.45, 2.75) is 6.92 Å². The molecule has 3 aromatic rings. The fourth-order valence-electron chi connectivity index (χ4n) is 1.76. The number of hydrogen-bond acceptors (Lipinski definition) is 4. The number of nitrogens with one attached hydrogen (secondary N) is 1. The van der Waals surface area contributed by atoms with Crippen LogP contribution in [-0.2, 0) is 0 Å². The zero-order chi connectivity index (χ0) is 14.8. The van der Waals surface area contributed by atoms with Crippen LogP contribution in [0.15, 0.2) is 41.9 Å². The Morgan fingerprint density at radius 3 is 2.90 bits per heavy atom. The first-order chi connectivity index (χ1) is 10.1. The van der Waals surface area contributed by atoms with Crippen LogP contribution < -0.4 is 5.32 Å². The Morgan fingerprint density at radius 1 is 1.33 bits per heavy atom. The first-order valence-electron chi connectivity index (χ1n) is 6.21. The molecule has 0 fully saturated rings. The van der Waals surface area contributed by atoms with E-state index in [-0.39, 0.29) is 11.7 Å². The lowest BCUT2D eigenvalue weighted by molar-refractivity contribution is 0.103. The van der Waals surface area contributed by atoms with Gasteiger partial charge in [0, 0.05) is 5.69 Å². The van der Waals surface area contributed by atoms with Gasteiger partial charge < -0.3 is 5.32 Å². The number of aryl methyl sites for hydroxylation is 1. The predicted octanol–water partition coefficient (Wildman–Crippen LogP) is 4.57. The van der Waals surface area contributed by atoms with E-state index in [1.54, 1.807) is 36.6 Å². The summed E-state index contributed by atoms with van der Waals surface area (Å²) in [6, 6.07) is 8.53. The number of carbonyl (C=O) groups is 1. The van der Waals surface area contributed by atoms with Crippen molar-refractivity contribution in [3.63, 3.8) is 0 Å². The largest absolute Gasteiger partial charge is 0.321 e. The van der Waals surface area contributed by atoms with Crippen molar-refractivity contribution in [2.24, 2.45) is 0 Å². The van der Waals surface area contributed by atoms with Crippen LogP contribution in [0.25, 0.3) is 9.88 Å². The summed E-state index contributed by atoms with van der Waals surface area (Å²) in [4.78, 5) is 17.9. The van der Waals surface area contributed by atoms with Gasteiger partial charge in [-0.1, -0.05) is 12.1 Å². The number of thiophene rings is 1. The molecule has 0 atom stereocenters. The summed E-state index contributed by atoms with van der Waals surface area (Å²) in [5.74, 6) is -0.616. The van der Waals surface area contributed by atoms with Crippen LogP contribution >= 0.6 is 22.7 Å². The van der Waals surface area contributed by atoms with E-state index in [0.717, 1.165) is 9.88 Å². The fourth-order valence-corrected chi connectivity index (χ4v) is 3.37. The number of carbonyl (C=O) groups excluding carboxylic acids is 1. The lowest BCUT2D eigenvalue weighted by Gasteiger charge is -2.04. The first kappa shape index (κ1) is 13.9. The summed E-state index contributed by atoms with van der Waals surface area (Å²) in [6.45, 7) is 1.68. The molecule has 1 N–H and O–H groups in total. The molecule has 0 aliphatic carbocycles. The molecule has 0 saturated heterocycles. The summed E-state index contributed by atoms with van der Waals surface area (Å²) in [5.41, 5.74) is 0.986. The molecule has 3 nitrogen and oxygen atoms in total. The lowest BCUT2D eigenvalue weighted by atomic mass is 10.2. The molecular weight excluding hydrogens is 307 g/mol. The molecule has 6 heteroatoms. The van der Waals surface area contributed by atoms with E-state index >= 15 is 0 Å². The molecule has 0 bridgehead atoms. The smallest absolute Gasteiger partial charge is 0.267 e. The van der Waals surface area contributed by atoms with Crippen molar-refractivity contribution in [1.29, 1.82) is 0 Å². The van der Waals surface area contributed by atoms with Gasteiger partial charge in [0.15, 0.2) is 0 Å². The zero-order valence-corrected chi connectivity index (χ0v) is 12.7. The number of hydrogen-bond donors (Lipinski definition) is 1. The number of amides is 1. The number of nitrogens with zero attached hydrogens (tertiary/aromatic N) is 1. The zero-order valence-electron chi connectivity index (χ0n) is 11.1. The highest BCUT2D eigenvalue weighted by Crippen LogP contribution is 2.29. The van der Waals surface area contributed by atoms with Crippen LogP contribution in [0.5, 0.6) is 0 Å². The van der Waals surface area contributed by atoms with Crippen LogP contribution in [0.1, 0.15) is 15.2 Å². The van der Waals surface area contributed by atoms with Crippen LogP contribution in [0.4, 0.5) is 10.1 Å². The Labute approximate surface area is 129 Å². The van der Waals surface area contributed by atoms with E-state index in [9.17, 15) is 9.18 Å². The molecule has 0 radical (unpaired) electrons. The molecule has 106 valence electrons. The maximum atomic E-state index is 13.5. The molecule has 1 amide bonds. The van der Waals surface area contributed by atoms with Gasteiger partial charge in [-0.3, -0.25) is 4.79 Å². The number of rotatable bonds is 3. The third-order valence-corrected chi connectivity index (χ3v) is 4.93. The second-order valence-electron chi connectivity index (χ2n) is 4.43. The normalized spacial score (nSPS) is 10.6. The van der Waals surface area contributed by atoms with Crippen molar-refractivity contribution >= 4 is 34.3 Å². The van der Waals surface area contributed by atoms with Crippen molar-refractivity contribution in [1.82, 2.24) is 4.98 Å². The number of aromatic nitrogens is 1. The van der Waals surface area contributed by atoms with Gasteiger partial charge in [-0.2, -0.15) is 0 Å². The fraction of sp³-hybridized carbons (Fsp3) is 0.0667. The average Bonchev–Trinajstić information content (AvgIpc) is 3.12. The van der Waals surface area contributed by atoms with E-state index in [2.05, 4.69) is 10.3 Å². The van der Waals surface area contributed by atoms with E-state index in [1.165, 1.54) is 17.4 Å². The van der Waals surface area contributed by atoms with Crippen molar-refractivity contribution in [3.8, 4) is 9.88 Å². The molecule has 21 heavy (non-hydrogen) atoms. The summed E-state index contributed by atoms with van der Waals surface area (Å²) >= 11 is 2.89. The minimum absolute atomic E-state index is 0.279. The third-order valence-electron chi connectivity index (χ3n) is 2.89. The Morgan fingerprint density at radius 2 is 2.19 bits per heavy atom. The molecule has 1 aromatic carbocycles. The standard InChI is InChI=1S/C15H11FN2OS2/c1-9-4-5-10(7-11(9)16)18-14(19)13-8-17-15(21-13)12-3-2-6-20-12/h2-8H,1H3,(H,18,19). The number of anilines is 1. The Kier molecular flexibility index (Phi) is 3.81. The van der Waals surface area contributed by atoms with Crippen molar-refractivity contribution < 1.29 is 9.18 Å². The van der Waals surface area contributed by atoms with Crippen LogP contribution in [-0.4, -0.2) is 10.9 Å². The first-order valence-corrected chi connectivity index (χ1v) is 7.90. The second kappa shape index (κ2) is 5.75. The quantitative estimate of drug-likeness (QED) is 0.768. The van der Waals surface area contributed by atoms with Gasteiger partial charge in [0.1, 0.15) is 15.7 Å². The number of halogens is 1. The molecule has 2 heterocycles. The van der Waals surface area contributed by atoms with E-state index in [4.69, 9.17) is 0 Å². The van der Waals surface area contributed by atoms with Gasteiger partial charge >= 0.3 is 0 Å². The topological polar surface area (TPSA) is 42.0 Å². The van der Waals surface area contributed by atoms with Crippen LogP contribution in [0.3, 0.4) is 0 Å². The van der Waals surface area contributed by atoms with Gasteiger partial charge in [0.25, 0.3) is 5.91 Å². The second-order valence-corrected chi connectivity index (χ2v) is 6.40. The van der Waals surface area contributed by atoms with E-state index < -0.39 is 0 Å². The van der Waals surface area contributed by atoms with Gasteiger partial charge in [-0.05, 0) is 36.1 Å². The highest BCUT2D eigenvalue weighted by atomic mass is 32.1. The Hall–Kier alpha value is -2.05. The molecule has 0 saturated carbocycles. The summed E-state index contributed by atoms with van der Waals surface area (Å²) in [6.07, 6.45) is 1.54. The van der Waals surface area contributed by atoms with Crippen LogP contribution in [0, 0.1) is 12.7 Å². The minimum Gasteiger partial charge on any atom is -0.321 e. The minimum atomic E-state index is -0.337. The van der Waals surface area contributed by atoms with Gasteiger partial charge in [0.2, 0.25) is 0 Å². The molecule has 0 unspecified atom stereocenters. The predicted molar refractivity (Wildman–Crippen MR) is 84.5 cm³/mol. The summed E-state index contributed by atoms with van der Waals surface area (Å²) < 4.78 is 13.5. The van der Waals surface area contributed by atoms with Gasteiger partial charge in [-0.15, -0.1) is 22.7 Å². The van der Waals surface area contributed by atoms with Crippen molar-refractivity contribution in [3.05, 3.63) is 58.2 Å².